The van der Waals surface area contributed by atoms with Crippen molar-refractivity contribution in [2.45, 2.75) is 38.7 Å². The third-order valence-electron chi connectivity index (χ3n) is 4.89. The van der Waals surface area contributed by atoms with Gasteiger partial charge in [0, 0.05) is 11.5 Å². The largest absolute Gasteiger partial charge is 0.458 e. The molecule has 0 aromatic carbocycles. The van der Waals surface area contributed by atoms with Crippen molar-refractivity contribution in [3.05, 3.63) is 12.7 Å². The fourth-order valence-electron chi connectivity index (χ4n) is 4.41. The first kappa shape index (κ1) is 11.0. The van der Waals surface area contributed by atoms with Crippen molar-refractivity contribution in [2.75, 3.05) is 0 Å². The summed E-state index contributed by atoms with van der Waals surface area (Å²) in [5, 5.41) is 0. The second kappa shape index (κ2) is 3.44. The predicted molar refractivity (Wildman–Crippen MR) is 62.1 cm³/mol. The Hall–Kier alpha value is -1.12. The van der Waals surface area contributed by atoms with Gasteiger partial charge in [0.2, 0.25) is 0 Å². The first-order valence-corrected chi connectivity index (χ1v) is 6.41. The summed E-state index contributed by atoms with van der Waals surface area (Å²) in [6.45, 7) is 5.51. The topological polar surface area (TPSA) is 43.4 Å². The maximum atomic E-state index is 12.4. The Labute approximate surface area is 101 Å². The molecule has 0 heterocycles. The highest BCUT2D eigenvalue weighted by molar-refractivity contribution is 5.90. The zero-order valence-electron chi connectivity index (χ0n) is 10.1. The van der Waals surface area contributed by atoms with Crippen molar-refractivity contribution in [3.8, 4) is 0 Å². The van der Waals surface area contributed by atoms with E-state index in [1.54, 1.807) is 0 Å². The summed E-state index contributed by atoms with van der Waals surface area (Å²) < 4.78 is 5.41. The van der Waals surface area contributed by atoms with Crippen LogP contribution in [0.25, 0.3) is 0 Å². The third kappa shape index (κ3) is 1.48. The Morgan fingerprint density at radius 2 is 2.24 bits per heavy atom. The highest BCUT2D eigenvalue weighted by atomic mass is 16.5. The Kier molecular flexibility index (Phi) is 2.22. The lowest BCUT2D eigenvalue weighted by molar-refractivity contribution is -0.181. The van der Waals surface area contributed by atoms with E-state index in [-0.39, 0.29) is 23.4 Å². The second-order valence-electron chi connectivity index (χ2n) is 6.14. The number of hydrogen-bond donors (Lipinski definition) is 0. The number of esters is 1. The summed E-state index contributed by atoms with van der Waals surface area (Å²) >= 11 is 0. The number of ether oxygens (including phenoxy) is 1. The summed E-state index contributed by atoms with van der Waals surface area (Å²) in [6, 6.07) is 0. The van der Waals surface area contributed by atoms with Crippen LogP contribution in [0.3, 0.4) is 0 Å². The first-order chi connectivity index (χ1) is 8.03. The normalized spacial score (nSPS) is 47.0. The maximum Gasteiger partial charge on any atom is 0.330 e. The number of ketones is 1. The molecule has 5 atom stereocenters. The van der Waals surface area contributed by atoms with Crippen LogP contribution in [0, 0.1) is 23.2 Å². The predicted octanol–water partition coefficient (Wildman–Crippen LogP) is 2.11. The lowest BCUT2D eigenvalue weighted by atomic mass is 9.48. The summed E-state index contributed by atoms with van der Waals surface area (Å²) in [5.41, 5.74) is -0.131. The Morgan fingerprint density at radius 3 is 2.94 bits per heavy atom. The number of hydrogen-bond acceptors (Lipinski definition) is 3. The summed E-state index contributed by atoms with van der Waals surface area (Å²) in [4.78, 5) is 23.7. The van der Waals surface area contributed by atoms with Gasteiger partial charge in [-0.15, -0.1) is 0 Å². The monoisotopic (exact) mass is 234 g/mol. The number of carbonyl (C=O) groups excluding carboxylic acids is 2. The molecule has 92 valence electrons. The smallest absolute Gasteiger partial charge is 0.330 e. The van der Waals surface area contributed by atoms with Crippen LogP contribution in [0.4, 0.5) is 0 Å². The van der Waals surface area contributed by atoms with Gasteiger partial charge in [-0.1, -0.05) is 13.5 Å². The minimum absolute atomic E-state index is 0.0462. The van der Waals surface area contributed by atoms with E-state index in [0.717, 1.165) is 25.7 Å². The molecule has 5 unspecified atom stereocenters. The van der Waals surface area contributed by atoms with Crippen LogP contribution in [0.2, 0.25) is 0 Å². The quantitative estimate of drug-likeness (QED) is 0.543. The molecule has 3 nitrogen and oxygen atoms in total. The van der Waals surface area contributed by atoms with E-state index in [1.165, 1.54) is 6.08 Å². The summed E-state index contributed by atoms with van der Waals surface area (Å²) in [5.74, 6) is 0.946. The lowest BCUT2D eigenvalue weighted by Gasteiger charge is -2.56. The van der Waals surface area contributed by atoms with Crippen LogP contribution in [0.5, 0.6) is 0 Å². The summed E-state index contributed by atoms with van der Waals surface area (Å²) in [7, 11) is 0. The van der Waals surface area contributed by atoms with Gasteiger partial charge in [-0.2, -0.15) is 0 Å². The molecule has 4 aliphatic carbocycles. The molecule has 17 heavy (non-hydrogen) atoms. The van der Waals surface area contributed by atoms with Gasteiger partial charge in [-0.05, 0) is 37.5 Å². The van der Waals surface area contributed by atoms with Gasteiger partial charge in [0.25, 0.3) is 0 Å². The van der Waals surface area contributed by atoms with Crippen LogP contribution >= 0.6 is 0 Å². The van der Waals surface area contributed by atoms with Gasteiger partial charge < -0.3 is 4.74 Å². The van der Waals surface area contributed by atoms with Crippen molar-refractivity contribution < 1.29 is 14.3 Å². The van der Waals surface area contributed by atoms with Gasteiger partial charge in [0.05, 0.1) is 5.92 Å². The molecule has 4 aliphatic rings. The van der Waals surface area contributed by atoms with Crippen LogP contribution < -0.4 is 0 Å². The molecular weight excluding hydrogens is 216 g/mol. The fourth-order valence-corrected chi connectivity index (χ4v) is 4.41. The summed E-state index contributed by atoms with van der Waals surface area (Å²) in [6.07, 6.45) is 4.98. The van der Waals surface area contributed by atoms with Crippen molar-refractivity contribution in [1.82, 2.24) is 0 Å². The molecule has 0 saturated heterocycles. The van der Waals surface area contributed by atoms with Crippen molar-refractivity contribution in [3.63, 3.8) is 0 Å². The van der Waals surface area contributed by atoms with Crippen molar-refractivity contribution >= 4 is 11.8 Å². The molecule has 4 rings (SSSR count). The van der Waals surface area contributed by atoms with Crippen LogP contribution in [0.15, 0.2) is 12.7 Å². The molecule has 4 saturated carbocycles. The Morgan fingerprint density at radius 1 is 1.47 bits per heavy atom. The average Bonchev–Trinajstić information content (AvgIpc) is 2.29. The average molecular weight is 234 g/mol. The minimum Gasteiger partial charge on any atom is -0.458 e. The van der Waals surface area contributed by atoms with Gasteiger partial charge in [-0.3, -0.25) is 4.79 Å². The lowest BCUT2D eigenvalue weighted by Crippen LogP contribution is -2.59. The SMILES string of the molecule is C=CC(=O)OC1C2CC3CC1C(=O)C(C)(C3)C2. The molecule has 0 N–H and O–H groups in total. The number of carbonyl (C=O) groups is 2. The van der Waals surface area contributed by atoms with Gasteiger partial charge in [0.1, 0.15) is 11.9 Å². The number of rotatable bonds is 2. The zero-order valence-corrected chi connectivity index (χ0v) is 10.1. The highest BCUT2D eigenvalue weighted by Gasteiger charge is 2.59. The van der Waals surface area contributed by atoms with E-state index in [2.05, 4.69) is 13.5 Å². The standard InChI is InChI=1S/C14H18O3/c1-3-11(15)17-12-9-4-8-5-10(12)13(16)14(2,6-8)7-9/h3,8-10,12H,1,4-7H2,2H3. The van der Waals surface area contributed by atoms with Gasteiger partial charge in [-0.25, -0.2) is 4.79 Å². The van der Waals surface area contributed by atoms with E-state index in [0.29, 0.717) is 17.6 Å². The number of Topliss-reactive ketones (excluding diaryl/α,β-unsaturated/α-hetero) is 1. The molecule has 0 amide bonds. The molecule has 0 spiro atoms. The molecule has 3 heteroatoms. The molecule has 0 radical (unpaired) electrons. The zero-order chi connectivity index (χ0) is 12.2. The first-order valence-electron chi connectivity index (χ1n) is 6.41. The second-order valence-corrected chi connectivity index (χ2v) is 6.14. The van der Waals surface area contributed by atoms with Gasteiger partial charge >= 0.3 is 5.97 Å². The maximum absolute atomic E-state index is 12.4. The fraction of sp³-hybridized carbons (Fsp3) is 0.714. The molecule has 0 aliphatic heterocycles. The van der Waals surface area contributed by atoms with Crippen LogP contribution in [-0.4, -0.2) is 17.9 Å². The van der Waals surface area contributed by atoms with Gasteiger partial charge in [0.15, 0.2) is 0 Å². The van der Waals surface area contributed by atoms with Crippen LogP contribution in [-0.2, 0) is 14.3 Å². The molecule has 4 fully saturated rings. The van der Waals surface area contributed by atoms with Crippen LogP contribution in [0.1, 0.15) is 32.6 Å². The molecular formula is C14H18O3. The van der Waals surface area contributed by atoms with E-state index < -0.39 is 0 Å². The third-order valence-corrected chi connectivity index (χ3v) is 4.89. The molecule has 0 aromatic rings. The molecule has 4 bridgehead atoms. The Balaban J connectivity index is 1.87. The van der Waals surface area contributed by atoms with E-state index in [9.17, 15) is 9.59 Å². The van der Waals surface area contributed by atoms with Crippen molar-refractivity contribution in [2.24, 2.45) is 23.2 Å². The minimum atomic E-state index is -0.388. The highest BCUT2D eigenvalue weighted by Crippen LogP contribution is 2.58. The van der Waals surface area contributed by atoms with E-state index in [4.69, 9.17) is 4.74 Å². The Bertz CT molecular complexity index is 400. The van der Waals surface area contributed by atoms with E-state index >= 15 is 0 Å². The van der Waals surface area contributed by atoms with E-state index in [1.807, 2.05) is 0 Å². The van der Waals surface area contributed by atoms with Crippen molar-refractivity contribution in [1.29, 1.82) is 0 Å². The molecule has 0 aromatic heterocycles.